The van der Waals surface area contributed by atoms with Gasteiger partial charge in [0.25, 0.3) is 6.71 Å². The van der Waals surface area contributed by atoms with Gasteiger partial charge in [0, 0.05) is 39.0 Å². The normalized spacial score (nSPS) is 12.8. The second-order valence-corrected chi connectivity index (χ2v) is 16.3. The number of hydrogen-bond acceptors (Lipinski definition) is 1. The maximum Gasteiger partial charge on any atom is 0.251 e. The molecule has 4 heteroatoms. The van der Waals surface area contributed by atoms with Gasteiger partial charge >= 0.3 is 0 Å². The molecular formula is C51H45BN2O. The molecule has 0 bridgehead atoms. The van der Waals surface area contributed by atoms with Gasteiger partial charge in [-0.15, -0.1) is 0 Å². The van der Waals surface area contributed by atoms with Gasteiger partial charge in [0.15, 0.2) is 0 Å². The second-order valence-electron chi connectivity index (χ2n) is 16.3. The summed E-state index contributed by atoms with van der Waals surface area (Å²) in [6, 6.07) is 53.7. The minimum Gasteiger partial charge on any atom is -0.458 e. The number of hydrogen-bond donors (Lipinski definition) is 0. The van der Waals surface area contributed by atoms with Crippen molar-refractivity contribution >= 4 is 66.7 Å². The van der Waals surface area contributed by atoms with E-state index in [-0.39, 0.29) is 6.71 Å². The number of aromatic nitrogens is 2. The Morgan fingerprint density at radius 3 is 1.78 bits per heavy atom. The monoisotopic (exact) mass is 712 g/mol. The number of para-hydroxylation sites is 4. The van der Waals surface area contributed by atoms with Gasteiger partial charge in [0.2, 0.25) is 0 Å². The maximum absolute atomic E-state index is 6.96. The van der Waals surface area contributed by atoms with E-state index in [1.807, 2.05) is 0 Å². The summed E-state index contributed by atoms with van der Waals surface area (Å²) >= 11 is 0. The molecule has 0 N–H and O–H groups in total. The van der Waals surface area contributed by atoms with Crippen molar-refractivity contribution in [2.45, 2.75) is 59.3 Å². The molecule has 0 amide bonds. The Labute approximate surface area is 323 Å². The number of ether oxygens (including phenoxy) is 1. The van der Waals surface area contributed by atoms with Crippen molar-refractivity contribution in [3.05, 3.63) is 162 Å². The summed E-state index contributed by atoms with van der Waals surface area (Å²) in [4.78, 5) is 0. The Kier molecular flexibility index (Phi) is 7.82. The molecule has 0 spiro atoms. The van der Waals surface area contributed by atoms with Gasteiger partial charge in [-0.05, 0) is 87.8 Å². The molecule has 9 aromatic rings. The molecule has 0 atom stereocenters. The van der Waals surface area contributed by atoms with Crippen molar-refractivity contribution in [1.29, 1.82) is 0 Å². The smallest absolute Gasteiger partial charge is 0.251 e. The fourth-order valence-corrected chi connectivity index (χ4v) is 9.37. The summed E-state index contributed by atoms with van der Waals surface area (Å²) in [5.74, 6) is 3.07. The lowest BCUT2D eigenvalue weighted by molar-refractivity contribution is 0.487. The fourth-order valence-electron chi connectivity index (χ4n) is 9.37. The quantitative estimate of drug-likeness (QED) is 0.157. The van der Waals surface area contributed by atoms with Crippen molar-refractivity contribution in [1.82, 2.24) is 9.13 Å². The number of rotatable bonds is 6. The summed E-state index contributed by atoms with van der Waals surface area (Å²) < 4.78 is 11.8. The lowest BCUT2D eigenvalue weighted by Crippen LogP contribution is -2.57. The third kappa shape index (κ3) is 5.11. The molecule has 10 rings (SSSR count). The highest BCUT2D eigenvalue weighted by atomic mass is 16.5. The molecule has 268 valence electrons. The molecule has 0 saturated carbocycles. The van der Waals surface area contributed by atoms with Gasteiger partial charge in [-0.3, -0.25) is 0 Å². The highest BCUT2D eigenvalue weighted by Gasteiger charge is 2.37. The van der Waals surface area contributed by atoms with Crippen LogP contribution in [0.15, 0.2) is 146 Å². The van der Waals surface area contributed by atoms with Crippen molar-refractivity contribution in [2.24, 2.45) is 0 Å². The minimum absolute atomic E-state index is 0.0544. The second kappa shape index (κ2) is 12.8. The van der Waals surface area contributed by atoms with E-state index in [9.17, 15) is 0 Å². The summed E-state index contributed by atoms with van der Waals surface area (Å²) in [5, 5.41) is 4.98. The lowest BCUT2D eigenvalue weighted by Gasteiger charge is -2.32. The van der Waals surface area contributed by atoms with Crippen molar-refractivity contribution in [3.63, 3.8) is 0 Å². The van der Waals surface area contributed by atoms with Crippen LogP contribution in [0, 0.1) is 0 Å². The first-order valence-corrected chi connectivity index (χ1v) is 19.9. The predicted octanol–water partition coefficient (Wildman–Crippen LogP) is 11.9. The fraction of sp³-hybridized carbons (Fsp3) is 0.176. The average Bonchev–Trinajstić information content (AvgIpc) is 3.72. The molecule has 0 aliphatic carbocycles. The van der Waals surface area contributed by atoms with Crippen LogP contribution in [0.5, 0.6) is 11.5 Å². The molecule has 1 aliphatic heterocycles. The predicted molar refractivity (Wildman–Crippen MR) is 235 cm³/mol. The highest BCUT2D eigenvalue weighted by molar-refractivity contribution is 6.97. The molecule has 0 radical (unpaired) electrons. The molecule has 0 saturated heterocycles. The molecule has 1 aliphatic rings. The standard InChI is InChI=1S/C51H45BN2O/c1-31(2)34-28-40(32(3)4)50(41(29-34)33(5)6)52-42-20-12-15-23-47(42)55-48-30-36(24-26-43(48)52)54-44-21-13-10-18-37(44)38-25-27-46-49(51(38)54)39-19-11-14-22-45(39)53(46)35-16-8-7-9-17-35/h7-33H,1-6H3. The van der Waals surface area contributed by atoms with Gasteiger partial charge in [0.1, 0.15) is 11.5 Å². The van der Waals surface area contributed by atoms with Crippen LogP contribution in [0.4, 0.5) is 0 Å². The third-order valence-corrected chi connectivity index (χ3v) is 12.0. The molecule has 3 nitrogen and oxygen atoms in total. The Hall–Kier alpha value is -6.00. The topological polar surface area (TPSA) is 19.1 Å². The minimum atomic E-state index is 0.0544. The molecule has 7 aromatic carbocycles. The average molecular weight is 713 g/mol. The van der Waals surface area contributed by atoms with E-state index in [4.69, 9.17) is 4.74 Å². The van der Waals surface area contributed by atoms with Crippen molar-refractivity contribution < 1.29 is 4.74 Å². The zero-order valence-electron chi connectivity index (χ0n) is 32.5. The molecular weight excluding hydrogens is 667 g/mol. The molecule has 2 aromatic heterocycles. The Morgan fingerprint density at radius 1 is 0.455 bits per heavy atom. The number of nitrogens with zero attached hydrogens (tertiary/aromatic N) is 2. The van der Waals surface area contributed by atoms with Crippen LogP contribution in [0.25, 0.3) is 55.0 Å². The van der Waals surface area contributed by atoms with Crippen LogP contribution >= 0.6 is 0 Å². The summed E-state index contributed by atoms with van der Waals surface area (Å²) in [6.45, 7) is 14.1. The van der Waals surface area contributed by atoms with Crippen LogP contribution in [0.2, 0.25) is 0 Å². The van der Waals surface area contributed by atoms with Gasteiger partial charge in [-0.1, -0.05) is 144 Å². The van der Waals surface area contributed by atoms with Gasteiger partial charge in [-0.25, -0.2) is 0 Å². The molecule has 0 unspecified atom stereocenters. The van der Waals surface area contributed by atoms with Gasteiger partial charge < -0.3 is 13.9 Å². The highest BCUT2D eigenvalue weighted by Crippen LogP contribution is 2.42. The van der Waals surface area contributed by atoms with E-state index in [1.165, 1.54) is 76.7 Å². The van der Waals surface area contributed by atoms with Crippen LogP contribution in [0.3, 0.4) is 0 Å². The Morgan fingerprint density at radius 2 is 1.07 bits per heavy atom. The van der Waals surface area contributed by atoms with E-state index < -0.39 is 0 Å². The SMILES string of the molecule is CC(C)c1cc(C(C)C)c(B2c3ccccc3Oc3cc(-n4c5ccccc5c5ccc6c(c7ccccc7n6-c6ccccc6)c54)ccc32)c(C(C)C)c1. The van der Waals surface area contributed by atoms with E-state index in [0.29, 0.717) is 17.8 Å². The summed E-state index contributed by atoms with van der Waals surface area (Å²) in [5.41, 5.74) is 15.2. The number of benzene rings is 7. The molecule has 0 fully saturated rings. The Balaban J connectivity index is 1.27. The zero-order valence-corrected chi connectivity index (χ0v) is 32.5. The summed E-state index contributed by atoms with van der Waals surface area (Å²) in [6.07, 6.45) is 0. The van der Waals surface area contributed by atoms with Crippen molar-refractivity contribution in [3.8, 4) is 22.9 Å². The zero-order chi connectivity index (χ0) is 37.5. The van der Waals surface area contributed by atoms with E-state index in [1.54, 1.807) is 0 Å². The van der Waals surface area contributed by atoms with Gasteiger partial charge in [-0.2, -0.15) is 0 Å². The third-order valence-electron chi connectivity index (χ3n) is 12.0. The first-order chi connectivity index (χ1) is 26.8. The van der Waals surface area contributed by atoms with Crippen LogP contribution in [-0.4, -0.2) is 15.8 Å². The van der Waals surface area contributed by atoms with Crippen LogP contribution in [0.1, 0.15) is 76.0 Å². The molecule has 55 heavy (non-hydrogen) atoms. The van der Waals surface area contributed by atoms with E-state index in [2.05, 4.69) is 196 Å². The van der Waals surface area contributed by atoms with Crippen molar-refractivity contribution in [2.75, 3.05) is 0 Å². The lowest BCUT2D eigenvalue weighted by atomic mass is 9.34. The van der Waals surface area contributed by atoms with E-state index in [0.717, 1.165) is 22.9 Å². The summed E-state index contributed by atoms with van der Waals surface area (Å²) in [7, 11) is 0. The largest absolute Gasteiger partial charge is 0.458 e. The molecule has 3 heterocycles. The first-order valence-electron chi connectivity index (χ1n) is 19.9. The first kappa shape index (κ1) is 33.6. The number of fused-ring (bicyclic) bond motifs is 9. The van der Waals surface area contributed by atoms with Gasteiger partial charge in [0.05, 0.1) is 22.1 Å². The van der Waals surface area contributed by atoms with Crippen LogP contribution in [-0.2, 0) is 0 Å². The Bertz CT molecular complexity index is 2920. The van der Waals surface area contributed by atoms with E-state index >= 15 is 0 Å². The maximum atomic E-state index is 6.96. The van der Waals surface area contributed by atoms with Crippen LogP contribution < -0.4 is 21.1 Å².